The lowest BCUT2D eigenvalue weighted by Crippen LogP contribution is -2.50. The predicted octanol–water partition coefficient (Wildman–Crippen LogP) is 4.11. The van der Waals surface area contributed by atoms with Gasteiger partial charge in [-0.05, 0) is 31.2 Å². The lowest BCUT2D eigenvalue weighted by Gasteiger charge is -2.37. The Labute approximate surface area is 185 Å². The number of rotatable bonds is 5. The van der Waals surface area contributed by atoms with Crippen molar-refractivity contribution in [2.75, 3.05) is 36.4 Å². The van der Waals surface area contributed by atoms with Crippen molar-refractivity contribution in [1.29, 1.82) is 0 Å². The van der Waals surface area contributed by atoms with E-state index in [1.165, 1.54) is 6.07 Å². The number of halogens is 1. The smallest absolute Gasteiger partial charge is 0.273 e. The van der Waals surface area contributed by atoms with E-state index >= 15 is 0 Å². The van der Waals surface area contributed by atoms with Gasteiger partial charge in [-0.1, -0.05) is 31.5 Å². The Balaban J connectivity index is 1.68. The first-order chi connectivity index (χ1) is 14.7. The van der Waals surface area contributed by atoms with Crippen LogP contribution >= 0.6 is 11.6 Å². The van der Waals surface area contributed by atoms with Crippen LogP contribution in [0.3, 0.4) is 0 Å². The number of carbonyl (C=O) groups excluding carboxylic acids is 2. The first-order valence-electron chi connectivity index (χ1n) is 10.1. The molecule has 9 heteroatoms. The summed E-state index contributed by atoms with van der Waals surface area (Å²) in [7, 11) is 0. The molecule has 8 nitrogen and oxygen atoms in total. The lowest BCUT2D eigenvalue weighted by molar-refractivity contribution is -0.385. The minimum Gasteiger partial charge on any atom is -0.367 e. The molecule has 2 amide bonds. The summed E-state index contributed by atoms with van der Waals surface area (Å²) < 4.78 is 0. The van der Waals surface area contributed by atoms with Gasteiger partial charge in [-0.15, -0.1) is 0 Å². The summed E-state index contributed by atoms with van der Waals surface area (Å²) in [6.07, 6.45) is 0. The number of piperazine rings is 1. The summed E-state index contributed by atoms with van der Waals surface area (Å²) in [5, 5.41) is 14.3. The summed E-state index contributed by atoms with van der Waals surface area (Å²) in [5.74, 6) is -0.319. The molecule has 3 rings (SSSR count). The van der Waals surface area contributed by atoms with E-state index in [-0.39, 0.29) is 23.1 Å². The highest BCUT2D eigenvalue weighted by atomic mass is 35.5. The molecular weight excluding hydrogens is 420 g/mol. The Bertz CT molecular complexity index is 1020. The van der Waals surface area contributed by atoms with Crippen LogP contribution in [0.2, 0.25) is 5.02 Å². The average molecular weight is 445 g/mol. The highest BCUT2D eigenvalue weighted by Gasteiger charge is 2.24. The molecule has 1 aliphatic heterocycles. The van der Waals surface area contributed by atoms with E-state index in [0.29, 0.717) is 42.5 Å². The van der Waals surface area contributed by atoms with Crippen molar-refractivity contribution >= 4 is 40.5 Å². The largest absolute Gasteiger partial charge is 0.367 e. The van der Waals surface area contributed by atoms with Gasteiger partial charge in [0.1, 0.15) is 0 Å². The van der Waals surface area contributed by atoms with Gasteiger partial charge in [-0.2, -0.15) is 0 Å². The normalized spacial score (nSPS) is 14.0. The zero-order valence-electron chi connectivity index (χ0n) is 17.7. The Morgan fingerprint density at radius 3 is 2.35 bits per heavy atom. The average Bonchev–Trinajstić information content (AvgIpc) is 2.73. The van der Waals surface area contributed by atoms with E-state index in [1.54, 1.807) is 31.2 Å². The topological polar surface area (TPSA) is 95.8 Å². The number of hydrogen-bond donors (Lipinski definition) is 1. The Morgan fingerprint density at radius 2 is 1.77 bits per heavy atom. The van der Waals surface area contributed by atoms with Crippen LogP contribution < -0.4 is 10.2 Å². The standard InChI is InChI=1S/C22H25ClN4O4/c1-14(2)22(29)26-10-8-25(9-11-26)19-7-6-17(13-18(19)23)24-21(28)16-5-4-15(3)20(12-16)27(30)31/h4-7,12-14H,8-11H2,1-3H3,(H,24,28). The van der Waals surface area contributed by atoms with Crippen LogP contribution in [-0.2, 0) is 4.79 Å². The molecule has 1 N–H and O–H groups in total. The molecule has 0 spiro atoms. The van der Waals surface area contributed by atoms with Crippen LogP contribution in [0.25, 0.3) is 0 Å². The lowest BCUT2D eigenvalue weighted by atomic mass is 10.1. The fourth-order valence-electron chi connectivity index (χ4n) is 3.52. The molecule has 1 saturated heterocycles. The number of nitrogens with zero attached hydrogens (tertiary/aromatic N) is 3. The minimum absolute atomic E-state index is 0.0204. The SMILES string of the molecule is Cc1ccc(C(=O)Nc2ccc(N3CCN(C(=O)C(C)C)CC3)c(Cl)c2)cc1[N+](=O)[O-]. The number of nitro groups is 1. The van der Waals surface area contributed by atoms with Crippen molar-refractivity contribution in [3.8, 4) is 0 Å². The van der Waals surface area contributed by atoms with Crippen molar-refractivity contribution in [3.05, 3.63) is 62.7 Å². The van der Waals surface area contributed by atoms with Crippen LogP contribution in [-0.4, -0.2) is 47.8 Å². The molecule has 1 fully saturated rings. The van der Waals surface area contributed by atoms with Crippen molar-refractivity contribution in [2.24, 2.45) is 5.92 Å². The molecule has 164 valence electrons. The fourth-order valence-corrected chi connectivity index (χ4v) is 3.82. The van der Waals surface area contributed by atoms with E-state index in [2.05, 4.69) is 10.2 Å². The van der Waals surface area contributed by atoms with Gasteiger partial charge in [-0.25, -0.2) is 0 Å². The molecule has 0 aliphatic carbocycles. The van der Waals surface area contributed by atoms with Gasteiger partial charge in [-0.3, -0.25) is 19.7 Å². The second kappa shape index (κ2) is 9.34. The van der Waals surface area contributed by atoms with Gasteiger partial charge in [0.25, 0.3) is 11.6 Å². The highest BCUT2D eigenvalue weighted by molar-refractivity contribution is 6.33. The molecule has 0 radical (unpaired) electrons. The van der Waals surface area contributed by atoms with Gasteiger partial charge in [0, 0.05) is 55.0 Å². The summed E-state index contributed by atoms with van der Waals surface area (Å²) in [6.45, 7) is 8.04. The molecular formula is C22H25ClN4O4. The molecule has 0 saturated carbocycles. The first-order valence-corrected chi connectivity index (χ1v) is 10.4. The van der Waals surface area contributed by atoms with Crippen LogP contribution in [0, 0.1) is 23.0 Å². The molecule has 2 aromatic rings. The Morgan fingerprint density at radius 1 is 1.10 bits per heavy atom. The van der Waals surface area contributed by atoms with E-state index in [9.17, 15) is 19.7 Å². The van der Waals surface area contributed by atoms with E-state index in [0.717, 1.165) is 5.69 Å². The molecule has 2 aromatic carbocycles. The van der Waals surface area contributed by atoms with Crippen LogP contribution in [0.1, 0.15) is 29.8 Å². The number of nitrogens with one attached hydrogen (secondary N) is 1. The molecule has 1 heterocycles. The number of amides is 2. The number of hydrogen-bond acceptors (Lipinski definition) is 5. The van der Waals surface area contributed by atoms with Gasteiger partial charge < -0.3 is 15.1 Å². The van der Waals surface area contributed by atoms with Crippen molar-refractivity contribution < 1.29 is 14.5 Å². The van der Waals surface area contributed by atoms with Crippen LogP contribution in [0.15, 0.2) is 36.4 Å². The maximum absolute atomic E-state index is 12.5. The number of carbonyl (C=O) groups is 2. The number of aryl methyl sites for hydroxylation is 1. The Hall–Kier alpha value is -3.13. The van der Waals surface area contributed by atoms with E-state index < -0.39 is 10.8 Å². The Kier molecular flexibility index (Phi) is 6.80. The quantitative estimate of drug-likeness (QED) is 0.553. The van der Waals surface area contributed by atoms with Gasteiger partial charge in [0.15, 0.2) is 0 Å². The molecule has 0 bridgehead atoms. The van der Waals surface area contributed by atoms with Crippen molar-refractivity contribution in [1.82, 2.24) is 4.90 Å². The first kappa shape index (κ1) is 22.6. The summed E-state index contributed by atoms with van der Waals surface area (Å²) in [4.78, 5) is 39.3. The number of nitro benzene ring substituents is 1. The summed E-state index contributed by atoms with van der Waals surface area (Å²) in [6, 6.07) is 9.59. The number of anilines is 2. The third kappa shape index (κ3) is 5.14. The van der Waals surface area contributed by atoms with Gasteiger partial charge in [0.2, 0.25) is 5.91 Å². The zero-order chi connectivity index (χ0) is 22.7. The monoisotopic (exact) mass is 444 g/mol. The highest BCUT2D eigenvalue weighted by Crippen LogP contribution is 2.30. The second-order valence-corrected chi connectivity index (χ2v) is 8.25. The van der Waals surface area contributed by atoms with Crippen molar-refractivity contribution in [2.45, 2.75) is 20.8 Å². The minimum atomic E-state index is -0.508. The summed E-state index contributed by atoms with van der Waals surface area (Å²) in [5.41, 5.74) is 1.92. The maximum Gasteiger partial charge on any atom is 0.273 e. The third-order valence-electron chi connectivity index (χ3n) is 5.30. The molecule has 0 unspecified atom stereocenters. The second-order valence-electron chi connectivity index (χ2n) is 7.85. The summed E-state index contributed by atoms with van der Waals surface area (Å²) >= 11 is 6.47. The van der Waals surface area contributed by atoms with Gasteiger partial charge >= 0.3 is 0 Å². The molecule has 0 atom stereocenters. The van der Waals surface area contributed by atoms with Crippen molar-refractivity contribution in [3.63, 3.8) is 0 Å². The van der Waals surface area contributed by atoms with E-state index in [1.807, 2.05) is 24.8 Å². The van der Waals surface area contributed by atoms with Gasteiger partial charge in [0.05, 0.1) is 15.6 Å². The predicted molar refractivity (Wildman–Crippen MR) is 121 cm³/mol. The molecule has 1 aliphatic rings. The fraction of sp³-hybridized carbons (Fsp3) is 0.364. The zero-order valence-corrected chi connectivity index (χ0v) is 18.5. The van der Waals surface area contributed by atoms with Crippen LogP contribution in [0.4, 0.5) is 17.1 Å². The van der Waals surface area contributed by atoms with E-state index in [4.69, 9.17) is 11.6 Å². The molecule has 31 heavy (non-hydrogen) atoms. The third-order valence-corrected chi connectivity index (χ3v) is 5.60. The number of benzene rings is 2. The molecule has 0 aromatic heterocycles. The van der Waals surface area contributed by atoms with Crippen LogP contribution in [0.5, 0.6) is 0 Å². The maximum atomic E-state index is 12.5.